The van der Waals surface area contributed by atoms with E-state index in [-0.39, 0.29) is 18.2 Å². The maximum Gasteiger partial charge on any atom is 0.356 e. The van der Waals surface area contributed by atoms with Crippen molar-refractivity contribution in [3.8, 4) is 0 Å². The summed E-state index contributed by atoms with van der Waals surface area (Å²) in [5.74, 6) is -3.23. The van der Waals surface area contributed by atoms with Gasteiger partial charge in [-0.3, -0.25) is 9.59 Å². The lowest BCUT2D eigenvalue weighted by molar-refractivity contribution is -0.156. The fourth-order valence-corrected chi connectivity index (χ4v) is 2.30. The summed E-state index contributed by atoms with van der Waals surface area (Å²) in [5.41, 5.74) is 5.04. The number of aromatic amines is 1. The number of hydrogen-bond donors (Lipinski definition) is 3. The van der Waals surface area contributed by atoms with Gasteiger partial charge in [0.2, 0.25) is 0 Å². The predicted molar refractivity (Wildman–Crippen MR) is 74.7 cm³/mol. The molecule has 1 fully saturated rings. The highest BCUT2D eigenvalue weighted by molar-refractivity contribution is 5.90. The molecular formula is C13H16FN3O7. The number of rotatable bonds is 5. The maximum absolute atomic E-state index is 14.6. The minimum atomic E-state index is -1.86. The van der Waals surface area contributed by atoms with Crippen LogP contribution in [0.5, 0.6) is 0 Å². The van der Waals surface area contributed by atoms with Crippen molar-refractivity contribution in [2.24, 2.45) is 0 Å². The molecule has 0 bridgehead atoms. The van der Waals surface area contributed by atoms with Crippen molar-refractivity contribution in [2.45, 2.75) is 38.3 Å². The van der Waals surface area contributed by atoms with Crippen molar-refractivity contribution in [3.05, 3.63) is 11.5 Å². The maximum atomic E-state index is 14.6. The fraction of sp³-hybridized carbons (Fsp3) is 0.538. The third-order valence-corrected chi connectivity index (χ3v) is 3.28. The third-order valence-electron chi connectivity index (χ3n) is 3.28. The molecule has 1 aliphatic heterocycles. The molecule has 0 spiro atoms. The molecule has 2 heterocycles. The van der Waals surface area contributed by atoms with Crippen molar-refractivity contribution in [1.29, 1.82) is 0 Å². The zero-order valence-electron chi connectivity index (χ0n) is 12.8. The first-order chi connectivity index (χ1) is 11.2. The molecule has 4 N–H and O–H groups in total. The van der Waals surface area contributed by atoms with E-state index in [1.165, 1.54) is 0 Å². The van der Waals surface area contributed by atoms with Crippen molar-refractivity contribution >= 4 is 23.7 Å². The summed E-state index contributed by atoms with van der Waals surface area (Å²) in [6.07, 6.45) is -5.63. The lowest BCUT2D eigenvalue weighted by Crippen LogP contribution is -2.36. The minimum Gasteiger partial charge on any atom is -0.476 e. The van der Waals surface area contributed by atoms with Crippen LogP contribution in [-0.4, -0.2) is 58.0 Å². The molecule has 0 radical (unpaired) electrons. The van der Waals surface area contributed by atoms with E-state index in [9.17, 15) is 18.8 Å². The van der Waals surface area contributed by atoms with E-state index < -0.39 is 48.1 Å². The number of alkyl halides is 1. The highest BCUT2D eigenvalue weighted by Crippen LogP contribution is 2.37. The molecule has 0 unspecified atom stereocenters. The standard InChI is InChI=1S/C13H16FN3O7/c1-4(18)22-3-6-9(23-5(2)19)7(14)10(24-6)12-16-8(13(20)21)11(15)17-12/h6-7,9-10H,3,15H2,1-2H3,(H,16,17)(H,20,21)/t6-,7-,9-,10-/m1/s1. The Morgan fingerprint density at radius 1 is 1.38 bits per heavy atom. The van der Waals surface area contributed by atoms with Crippen molar-refractivity contribution in [3.63, 3.8) is 0 Å². The van der Waals surface area contributed by atoms with Crippen LogP contribution < -0.4 is 5.73 Å². The van der Waals surface area contributed by atoms with E-state index in [4.69, 9.17) is 25.1 Å². The molecule has 24 heavy (non-hydrogen) atoms. The summed E-state index contributed by atoms with van der Waals surface area (Å²) in [6, 6.07) is 0. The van der Waals surface area contributed by atoms with Crippen LogP contribution >= 0.6 is 0 Å². The van der Waals surface area contributed by atoms with Crippen LogP contribution in [-0.2, 0) is 23.8 Å². The second-order valence-electron chi connectivity index (χ2n) is 5.10. The number of ether oxygens (including phenoxy) is 3. The zero-order valence-corrected chi connectivity index (χ0v) is 12.8. The van der Waals surface area contributed by atoms with E-state index >= 15 is 0 Å². The number of carbonyl (C=O) groups excluding carboxylic acids is 2. The molecule has 10 nitrogen and oxygen atoms in total. The van der Waals surface area contributed by atoms with Crippen molar-refractivity contribution in [1.82, 2.24) is 9.97 Å². The normalized spacial score (nSPS) is 26.1. The number of H-pyrrole nitrogens is 1. The second-order valence-corrected chi connectivity index (χ2v) is 5.10. The Morgan fingerprint density at radius 3 is 2.54 bits per heavy atom. The number of hydrogen-bond acceptors (Lipinski definition) is 8. The Hall–Kier alpha value is -2.69. The lowest BCUT2D eigenvalue weighted by atomic mass is 10.1. The first-order valence-electron chi connectivity index (χ1n) is 6.89. The highest BCUT2D eigenvalue weighted by atomic mass is 19.1. The zero-order chi connectivity index (χ0) is 18.0. The number of nitrogens with two attached hydrogens (primary N) is 1. The molecule has 0 aliphatic carbocycles. The van der Waals surface area contributed by atoms with Gasteiger partial charge in [-0.1, -0.05) is 0 Å². The van der Waals surface area contributed by atoms with Gasteiger partial charge in [-0.25, -0.2) is 14.2 Å². The number of esters is 2. The SMILES string of the molecule is CC(=O)OC[C@H]1O[C@@H](c2nc(N)c(C(=O)O)[nH]2)[C@H](F)[C@@H]1OC(C)=O. The molecule has 0 amide bonds. The molecule has 0 aromatic carbocycles. The van der Waals surface area contributed by atoms with Gasteiger partial charge in [0, 0.05) is 13.8 Å². The molecule has 1 aliphatic rings. The predicted octanol–water partition coefficient (Wildman–Crippen LogP) is -0.0371. The summed E-state index contributed by atoms with van der Waals surface area (Å²) in [4.78, 5) is 39.1. The number of aromatic nitrogens is 2. The highest BCUT2D eigenvalue weighted by Gasteiger charge is 2.50. The van der Waals surface area contributed by atoms with Gasteiger partial charge in [-0.2, -0.15) is 0 Å². The first kappa shape index (κ1) is 17.7. The van der Waals surface area contributed by atoms with Crippen LogP contribution in [0.1, 0.15) is 36.3 Å². The van der Waals surface area contributed by atoms with Gasteiger partial charge >= 0.3 is 17.9 Å². The average molecular weight is 345 g/mol. The van der Waals surface area contributed by atoms with Gasteiger partial charge < -0.3 is 30.0 Å². The summed E-state index contributed by atoms with van der Waals surface area (Å²) in [6.45, 7) is 1.91. The Kier molecular flexibility index (Phi) is 5.02. The Balaban J connectivity index is 2.24. The van der Waals surface area contributed by atoms with Crippen LogP contribution in [0.25, 0.3) is 0 Å². The number of carbonyl (C=O) groups is 3. The van der Waals surface area contributed by atoms with Gasteiger partial charge in [0.1, 0.15) is 18.5 Å². The molecule has 4 atom stereocenters. The van der Waals surface area contributed by atoms with Gasteiger partial charge in [0.05, 0.1) is 0 Å². The summed E-state index contributed by atoms with van der Waals surface area (Å²) < 4.78 is 29.7. The number of imidazole rings is 1. The molecule has 0 saturated carbocycles. The number of carboxylic acids is 1. The van der Waals surface area contributed by atoms with Crippen LogP contribution in [0.15, 0.2) is 0 Å². The van der Waals surface area contributed by atoms with Crippen LogP contribution in [0, 0.1) is 0 Å². The Labute approximate surface area is 135 Å². The molecule has 11 heteroatoms. The average Bonchev–Trinajstić information content (AvgIpc) is 2.98. The number of anilines is 1. The van der Waals surface area contributed by atoms with Gasteiger partial charge in [-0.15, -0.1) is 0 Å². The number of halogens is 1. The largest absolute Gasteiger partial charge is 0.476 e. The third kappa shape index (κ3) is 3.62. The molecule has 1 saturated heterocycles. The molecule has 1 aromatic rings. The molecular weight excluding hydrogens is 329 g/mol. The topological polar surface area (TPSA) is 154 Å². The van der Waals surface area contributed by atoms with Gasteiger partial charge in [0.25, 0.3) is 0 Å². The van der Waals surface area contributed by atoms with E-state index in [0.29, 0.717) is 0 Å². The van der Waals surface area contributed by atoms with E-state index in [2.05, 4.69) is 9.97 Å². The number of carboxylic acid groups (broad SMARTS) is 1. The minimum absolute atomic E-state index is 0.167. The van der Waals surface area contributed by atoms with E-state index in [1.807, 2.05) is 0 Å². The Morgan fingerprint density at radius 2 is 2.04 bits per heavy atom. The van der Waals surface area contributed by atoms with Crippen molar-refractivity contribution in [2.75, 3.05) is 12.3 Å². The summed E-state index contributed by atoms with van der Waals surface area (Å²) >= 11 is 0. The number of nitrogen functional groups attached to an aromatic ring is 1. The van der Waals surface area contributed by atoms with Gasteiger partial charge in [-0.05, 0) is 0 Å². The molecule has 1 aromatic heterocycles. The van der Waals surface area contributed by atoms with Crippen LogP contribution in [0.4, 0.5) is 10.2 Å². The van der Waals surface area contributed by atoms with Gasteiger partial charge in [0.15, 0.2) is 29.9 Å². The first-order valence-corrected chi connectivity index (χ1v) is 6.89. The Bertz CT molecular complexity index is 662. The fourth-order valence-electron chi connectivity index (χ4n) is 2.30. The molecule has 2 rings (SSSR count). The van der Waals surface area contributed by atoms with Crippen LogP contribution in [0.2, 0.25) is 0 Å². The summed E-state index contributed by atoms with van der Waals surface area (Å²) in [7, 11) is 0. The smallest absolute Gasteiger partial charge is 0.356 e. The quantitative estimate of drug-likeness (QED) is 0.624. The second kappa shape index (κ2) is 6.83. The molecule has 132 valence electrons. The lowest BCUT2D eigenvalue weighted by Gasteiger charge is -2.18. The monoisotopic (exact) mass is 345 g/mol. The van der Waals surface area contributed by atoms with Crippen LogP contribution in [0.3, 0.4) is 0 Å². The summed E-state index contributed by atoms with van der Waals surface area (Å²) in [5, 5.41) is 8.94. The number of nitrogens with zero attached hydrogens (tertiary/aromatic N) is 1. The van der Waals surface area contributed by atoms with E-state index in [0.717, 1.165) is 13.8 Å². The van der Waals surface area contributed by atoms with E-state index in [1.54, 1.807) is 0 Å². The number of aromatic carboxylic acids is 1. The van der Waals surface area contributed by atoms with Crippen molar-refractivity contribution < 1.29 is 38.1 Å². The number of nitrogens with one attached hydrogen (secondary N) is 1.